The normalized spacial score (nSPS) is 16.8. The van der Waals surface area contributed by atoms with E-state index >= 15 is 0 Å². The molecule has 0 radical (unpaired) electrons. The van der Waals surface area contributed by atoms with Crippen LogP contribution in [0.4, 0.5) is 11.6 Å². The summed E-state index contributed by atoms with van der Waals surface area (Å²) < 4.78 is 0. The predicted molar refractivity (Wildman–Crippen MR) is 124 cm³/mol. The molecule has 0 amide bonds. The number of aliphatic hydroxyl groups is 3. The average molecular weight is 435 g/mol. The van der Waals surface area contributed by atoms with Gasteiger partial charge >= 0.3 is 0 Å². The molecule has 1 saturated heterocycles. The minimum atomic E-state index is -0.107. The number of nitrogens with zero attached hydrogens (tertiary/aromatic N) is 3. The first kappa shape index (κ1) is 22.4. The van der Waals surface area contributed by atoms with Crippen molar-refractivity contribution in [3.8, 4) is 11.3 Å². The number of piperidine rings is 1. The summed E-state index contributed by atoms with van der Waals surface area (Å²) in [7, 11) is 0. The van der Waals surface area contributed by atoms with Crippen LogP contribution in [0.5, 0.6) is 0 Å². The van der Waals surface area contributed by atoms with Gasteiger partial charge in [0, 0.05) is 30.0 Å². The zero-order valence-corrected chi connectivity index (χ0v) is 18.1. The van der Waals surface area contributed by atoms with Crippen LogP contribution in [0.1, 0.15) is 36.0 Å². The topological polar surface area (TPSA) is 102 Å². The molecule has 4 rings (SSSR count). The Morgan fingerprint density at radius 1 is 0.938 bits per heavy atom. The maximum Gasteiger partial charge on any atom is 0.227 e. The van der Waals surface area contributed by atoms with Crippen LogP contribution in [0.2, 0.25) is 0 Å². The Balaban J connectivity index is 1.53. The first-order chi connectivity index (χ1) is 15.7. The van der Waals surface area contributed by atoms with Crippen molar-refractivity contribution in [3.05, 3.63) is 71.4 Å². The number of nitrogens with one attached hydrogen (secondary N) is 1. The highest BCUT2D eigenvalue weighted by molar-refractivity contribution is 5.63. The molecule has 2 aromatic carbocycles. The van der Waals surface area contributed by atoms with Crippen LogP contribution in [0.3, 0.4) is 0 Å². The van der Waals surface area contributed by atoms with E-state index in [1.165, 1.54) is 18.4 Å². The van der Waals surface area contributed by atoms with Gasteiger partial charge in [-0.15, -0.1) is 0 Å². The highest BCUT2D eigenvalue weighted by Gasteiger charge is 2.21. The van der Waals surface area contributed by atoms with Gasteiger partial charge in [0.25, 0.3) is 0 Å². The molecule has 32 heavy (non-hydrogen) atoms. The lowest BCUT2D eigenvalue weighted by molar-refractivity contribution is 0.0841. The number of benzene rings is 2. The number of rotatable bonds is 8. The molecule has 1 atom stereocenters. The summed E-state index contributed by atoms with van der Waals surface area (Å²) in [5.41, 5.74) is 5.14. The van der Waals surface area contributed by atoms with Crippen LogP contribution >= 0.6 is 0 Å². The molecule has 4 N–H and O–H groups in total. The third-order valence-corrected chi connectivity index (χ3v) is 5.90. The fourth-order valence-corrected chi connectivity index (χ4v) is 4.26. The molecule has 1 aliphatic rings. The first-order valence-corrected chi connectivity index (χ1v) is 11.1. The van der Waals surface area contributed by atoms with Gasteiger partial charge in [0.1, 0.15) is 0 Å². The van der Waals surface area contributed by atoms with E-state index in [9.17, 15) is 15.3 Å². The van der Waals surface area contributed by atoms with Gasteiger partial charge in [-0.1, -0.05) is 30.7 Å². The van der Waals surface area contributed by atoms with Gasteiger partial charge in [-0.2, -0.15) is 0 Å². The summed E-state index contributed by atoms with van der Waals surface area (Å²) in [6.45, 7) is 1.82. The van der Waals surface area contributed by atoms with E-state index in [2.05, 4.69) is 32.3 Å². The summed E-state index contributed by atoms with van der Waals surface area (Å²) in [6, 6.07) is 15.8. The second-order valence-electron chi connectivity index (χ2n) is 8.25. The van der Waals surface area contributed by atoms with E-state index in [1.54, 1.807) is 12.3 Å². The Morgan fingerprint density at radius 2 is 1.75 bits per heavy atom. The van der Waals surface area contributed by atoms with Crippen molar-refractivity contribution < 1.29 is 15.3 Å². The summed E-state index contributed by atoms with van der Waals surface area (Å²) in [4.78, 5) is 11.4. The molecule has 7 heteroatoms. The Labute approximate surface area is 188 Å². The average Bonchev–Trinajstić information content (AvgIpc) is 2.84. The summed E-state index contributed by atoms with van der Waals surface area (Å²) in [6.07, 6.45) is 5.12. The van der Waals surface area contributed by atoms with Crippen molar-refractivity contribution in [1.29, 1.82) is 0 Å². The van der Waals surface area contributed by atoms with Gasteiger partial charge in [0.2, 0.25) is 5.95 Å². The molecule has 168 valence electrons. The fourth-order valence-electron chi connectivity index (χ4n) is 4.26. The maximum absolute atomic E-state index is 9.70. The third-order valence-electron chi connectivity index (χ3n) is 5.90. The van der Waals surface area contributed by atoms with Crippen molar-refractivity contribution in [2.45, 2.75) is 45.1 Å². The number of hydrogen-bond donors (Lipinski definition) is 4. The predicted octanol–water partition coefficient (Wildman–Crippen LogP) is 3.22. The highest BCUT2D eigenvalue weighted by atomic mass is 16.3. The zero-order chi connectivity index (χ0) is 22.3. The van der Waals surface area contributed by atoms with Crippen LogP contribution in [-0.2, 0) is 19.8 Å². The Hall–Kier alpha value is -2.84. The van der Waals surface area contributed by atoms with E-state index in [-0.39, 0.29) is 25.9 Å². The molecule has 1 aliphatic heterocycles. The Morgan fingerprint density at radius 3 is 2.50 bits per heavy atom. The smallest absolute Gasteiger partial charge is 0.227 e. The molecule has 1 fully saturated rings. The lowest BCUT2D eigenvalue weighted by Gasteiger charge is -2.34. The molecular weight excluding hydrogens is 404 g/mol. The van der Waals surface area contributed by atoms with Crippen molar-refractivity contribution in [3.63, 3.8) is 0 Å². The zero-order valence-electron chi connectivity index (χ0n) is 18.1. The summed E-state index contributed by atoms with van der Waals surface area (Å²) >= 11 is 0. The molecule has 0 saturated carbocycles. The fraction of sp³-hybridized carbons (Fsp3) is 0.360. The lowest BCUT2D eigenvalue weighted by atomic mass is 10.0. The molecule has 0 spiro atoms. The minimum Gasteiger partial charge on any atom is -0.395 e. The number of aliphatic hydroxyl groups excluding tert-OH is 3. The first-order valence-electron chi connectivity index (χ1n) is 11.1. The Kier molecular flexibility index (Phi) is 7.44. The van der Waals surface area contributed by atoms with Crippen molar-refractivity contribution in [1.82, 2.24) is 14.9 Å². The van der Waals surface area contributed by atoms with Crippen molar-refractivity contribution >= 4 is 11.6 Å². The van der Waals surface area contributed by atoms with Gasteiger partial charge < -0.3 is 20.6 Å². The van der Waals surface area contributed by atoms with Gasteiger partial charge in [-0.25, -0.2) is 9.97 Å². The minimum absolute atomic E-state index is 0.107. The summed E-state index contributed by atoms with van der Waals surface area (Å²) in [5.74, 6) is 0.447. The summed E-state index contributed by atoms with van der Waals surface area (Å²) in [5, 5.41) is 31.8. The molecule has 1 unspecified atom stereocenters. The SMILES string of the molecule is OCc1cc(CO)cc(Nc2nccc(-c3cccc(CN4CCCCC4CO)c3)n2)c1. The molecule has 0 aliphatic carbocycles. The molecule has 3 aromatic rings. The molecule has 7 nitrogen and oxygen atoms in total. The lowest BCUT2D eigenvalue weighted by Crippen LogP contribution is -2.41. The molecule has 2 heterocycles. The standard InChI is InChI=1S/C25H30N4O3/c30-15-19-10-20(16-31)13-22(12-19)27-25-26-8-7-24(28-25)21-5-3-4-18(11-21)14-29-9-2-1-6-23(29)17-32/h3-5,7-8,10-13,23,30-32H,1-2,6,9,14-17H2,(H,26,27,28). The van der Waals surface area contributed by atoms with E-state index in [0.717, 1.165) is 30.8 Å². The number of anilines is 2. The van der Waals surface area contributed by atoms with E-state index in [4.69, 9.17) is 0 Å². The van der Waals surface area contributed by atoms with Crippen LogP contribution in [0, 0.1) is 0 Å². The van der Waals surface area contributed by atoms with Gasteiger partial charge in [0.15, 0.2) is 0 Å². The number of hydrogen-bond acceptors (Lipinski definition) is 7. The second-order valence-corrected chi connectivity index (χ2v) is 8.25. The molecule has 0 bridgehead atoms. The second kappa shape index (κ2) is 10.7. The van der Waals surface area contributed by atoms with Crippen molar-refractivity contribution in [2.75, 3.05) is 18.5 Å². The Bertz CT molecular complexity index is 1020. The monoisotopic (exact) mass is 434 g/mol. The maximum atomic E-state index is 9.70. The van der Waals surface area contributed by atoms with Crippen LogP contribution < -0.4 is 5.32 Å². The van der Waals surface area contributed by atoms with E-state index in [1.807, 2.05) is 30.3 Å². The van der Waals surface area contributed by atoms with E-state index < -0.39 is 0 Å². The highest BCUT2D eigenvalue weighted by Crippen LogP contribution is 2.24. The van der Waals surface area contributed by atoms with Gasteiger partial charge in [0.05, 0.1) is 25.5 Å². The quantitative estimate of drug-likeness (QED) is 0.432. The molecule has 1 aromatic heterocycles. The largest absolute Gasteiger partial charge is 0.395 e. The van der Waals surface area contributed by atoms with Crippen LogP contribution in [-0.4, -0.2) is 49.4 Å². The van der Waals surface area contributed by atoms with Crippen LogP contribution in [0.25, 0.3) is 11.3 Å². The molecular formula is C25H30N4O3. The van der Waals surface area contributed by atoms with Gasteiger partial charge in [-0.3, -0.25) is 4.90 Å². The third kappa shape index (κ3) is 5.49. The van der Waals surface area contributed by atoms with Gasteiger partial charge in [-0.05, 0) is 60.3 Å². The van der Waals surface area contributed by atoms with E-state index in [0.29, 0.717) is 22.8 Å². The van der Waals surface area contributed by atoms with Crippen molar-refractivity contribution in [2.24, 2.45) is 0 Å². The number of likely N-dealkylation sites (tertiary alicyclic amines) is 1. The number of aromatic nitrogens is 2. The van der Waals surface area contributed by atoms with Crippen LogP contribution in [0.15, 0.2) is 54.7 Å².